The molecule has 2 aromatic carbocycles. The number of hydrogen-bond donors (Lipinski definition) is 0. The average Bonchev–Trinajstić information content (AvgIpc) is 2.73. The Kier molecular flexibility index (Phi) is 3.34. The van der Waals surface area contributed by atoms with Crippen LogP contribution in [-0.4, -0.2) is 18.2 Å². The number of hydrogen-bond acceptors (Lipinski definition) is 2. The minimum Gasteiger partial charge on any atom is -0.304 e. The van der Waals surface area contributed by atoms with Crippen molar-refractivity contribution in [2.45, 2.75) is 13.8 Å². The van der Waals surface area contributed by atoms with Gasteiger partial charge in [-0.25, -0.2) is 0 Å². The van der Waals surface area contributed by atoms with E-state index < -0.39 is 11.7 Å². The van der Waals surface area contributed by atoms with E-state index in [9.17, 15) is 9.59 Å². The first-order valence-electron chi connectivity index (χ1n) is 7.14. The third-order valence-corrected chi connectivity index (χ3v) is 3.62. The van der Waals surface area contributed by atoms with Crippen molar-refractivity contribution in [1.82, 2.24) is 0 Å². The summed E-state index contributed by atoms with van der Waals surface area (Å²) in [4.78, 5) is 26.1. The van der Waals surface area contributed by atoms with Crippen molar-refractivity contribution in [2.24, 2.45) is 5.92 Å². The Morgan fingerprint density at radius 2 is 1.57 bits per heavy atom. The van der Waals surface area contributed by atoms with Gasteiger partial charge in [0.15, 0.2) is 0 Å². The molecule has 1 amide bonds. The zero-order valence-corrected chi connectivity index (χ0v) is 12.2. The van der Waals surface area contributed by atoms with Crippen molar-refractivity contribution >= 4 is 17.4 Å². The van der Waals surface area contributed by atoms with Gasteiger partial charge in [0.1, 0.15) is 0 Å². The zero-order valence-electron chi connectivity index (χ0n) is 12.2. The molecular weight excluding hydrogens is 262 g/mol. The van der Waals surface area contributed by atoms with Crippen molar-refractivity contribution < 1.29 is 9.59 Å². The molecule has 3 heteroatoms. The van der Waals surface area contributed by atoms with Gasteiger partial charge in [0, 0.05) is 12.1 Å². The lowest BCUT2D eigenvalue weighted by Gasteiger charge is -2.21. The number of carbonyl (C=O) groups excluding carboxylic acids is 2. The van der Waals surface area contributed by atoms with Crippen molar-refractivity contribution in [2.75, 3.05) is 11.4 Å². The number of rotatable bonds is 3. The van der Waals surface area contributed by atoms with Gasteiger partial charge in [-0.2, -0.15) is 0 Å². The molecule has 0 bridgehead atoms. The van der Waals surface area contributed by atoms with Crippen LogP contribution in [0.5, 0.6) is 0 Å². The molecule has 0 aliphatic carbocycles. The highest BCUT2D eigenvalue weighted by Gasteiger charge is 2.37. The molecule has 0 saturated heterocycles. The molecule has 1 aliphatic rings. The van der Waals surface area contributed by atoms with Crippen LogP contribution in [0.15, 0.2) is 48.5 Å². The fourth-order valence-corrected chi connectivity index (χ4v) is 2.75. The third kappa shape index (κ3) is 2.25. The zero-order chi connectivity index (χ0) is 15.0. The number of anilines is 1. The fraction of sp³-hybridized carbons (Fsp3) is 0.222. The first-order valence-corrected chi connectivity index (χ1v) is 7.14. The summed E-state index contributed by atoms with van der Waals surface area (Å²) in [5.41, 5.74) is 3.23. The van der Waals surface area contributed by atoms with Crippen LogP contribution in [0.3, 0.4) is 0 Å². The Bertz CT molecular complexity index is 704. The lowest BCUT2D eigenvalue weighted by Crippen LogP contribution is -2.33. The van der Waals surface area contributed by atoms with Crippen LogP contribution in [0.2, 0.25) is 0 Å². The predicted octanol–water partition coefficient (Wildman–Crippen LogP) is 3.54. The largest absolute Gasteiger partial charge is 0.304 e. The van der Waals surface area contributed by atoms with Gasteiger partial charge in [-0.3, -0.25) is 9.59 Å². The van der Waals surface area contributed by atoms with Crippen molar-refractivity contribution in [1.29, 1.82) is 0 Å². The maximum Gasteiger partial charge on any atom is 0.299 e. The summed E-state index contributed by atoms with van der Waals surface area (Å²) in [7, 11) is 0. The molecule has 0 atom stereocenters. The van der Waals surface area contributed by atoms with E-state index in [1.165, 1.54) is 0 Å². The maximum absolute atomic E-state index is 12.3. The summed E-state index contributed by atoms with van der Waals surface area (Å²) in [6, 6.07) is 15.4. The number of carbonyl (C=O) groups is 2. The van der Waals surface area contributed by atoms with Crippen molar-refractivity contribution in [3.8, 4) is 11.1 Å². The highest BCUT2D eigenvalue weighted by molar-refractivity contribution is 6.53. The van der Waals surface area contributed by atoms with Gasteiger partial charge in [-0.15, -0.1) is 0 Å². The standard InChI is InChI=1S/C18H17NO2/c1-12(2)11-19-16-14(13-7-4-3-5-8-13)9-6-10-15(16)17(20)18(19)21/h3-10,12H,11H2,1-2H3. The van der Waals surface area contributed by atoms with Crippen LogP contribution in [0.1, 0.15) is 24.2 Å². The summed E-state index contributed by atoms with van der Waals surface area (Å²) in [5.74, 6) is -0.512. The summed E-state index contributed by atoms with van der Waals surface area (Å²) >= 11 is 0. The van der Waals surface area contributed by atoms with Gasteiger partial charge in [-0.1, -0.05) is 56.3 Å². The normalized spacial score (nSPS) is 14.0. The fourth-order valence-electron chi connectivity index (χ4n) is 2.75. The molecule has 0 aromatic heterocycles. The molecule has 106 valence electrons. The van der Waals surface area contributed by atoms with E-state index >= 15 is 0 Å². The molecule has 3 nitrogen and oxygen atoms in total. The third-order valence-electron chi connectivity index (χ3n) is 3.62. The van der Waals surface area contributed by atoms with Crippen LogP contribution in [-0.2, 0) is 4.79 Å². The Morgan fingerprint density at radius 3 is 2.24 bits per heavy atom. The van der Waals surface area contributed by atoms with E-state index in [0.29, 0.717) is 18.0 Å². The molecule has 2 aromatic rings. The van der Waals surface area contributed by atoms with Crippen LogP contribution >= 0.6 is 0 Å². The Balaban J connectivity index is 2.19. The van der Waals surface area contributed by atoms with E-state index in [4.69, 9.17) is 0 Å². The number of nitrogens with zero attached hydrogens (tertiary/aromatic N) is 1. The summed E-state index contributed by atoms with van der Waals surface area (Å²) in [5, 5.41) is 0. The topological polar surface area (TPSA) is 37.4 Å². The van der Waals surface area contributed by atoms with E-state index in [0.717, 1.165) is 16.8 Å². The van der Waals surface area contributed by atoms with Gasteiger partial charge < -0.3 is 4.90 Å². The molecule has 3 rings (SSSR count). The molecule has 0 saturated carbocycles. The van der Waals surface area contributed by atoms with E-state index in [1.807, 2.05) is 56.3 Å². The van der Waals surface area contributed by atoms with E-state index in [1.54, 1.807) is 11.0 Å². The number of ketones is 1. The number of fused-ring (bicyclic) bond motifs is 1. The minimum absolute atomic E-state index is 0.302. The smallest absolute Gasteiger partial charge is 0.299 e. The second kappa shape index (κ2) is 5.17. The van der Waals surface area contributed by atoms with Gasteiger partial charge in [0.05, 0.1) is 11.3 Å². The Morgan fingerprint density at radius 1 is 0.905 bits per heavy atom. The van der Waals surface area contributed by atoms with Crippen LogP contribution in [0.25, 0.3) is 11.1 Å². The van der Waals surface area contributed by atoms with E-state index in [-0.39, 0.29) is 0 Å². The molecule has 0 N–H and O–H groups in total. The molecular formula is C18H17NO2. The first-order chi connectivity index (χ1) is 10.1. The number of benzene rings is 2. The van der Waals surface area contributed by atoms with Gasteiger partial charge in [0.2, 0.25) is 0 Å². The van der Waals surface area contributed by atoms with Gasteiger partial charge in [-0.05, 0) is 17.5 Å². The summed E-state index contributed by atoms with van der Waals surface area (Å²) < 4.78 is 0. The molecule has 21 heavy (non-hydrogen) atoms. The molecule has 0 fully saturated rings. The SMILES string of the molecule is CC(C)CN1C(=O)C(=O)c2cccc(-c3ccccc3)c21. The number of Topliss-reactive ketones (excluding diaryl/α,β-unsaturated/α-hetero) is 1. The molecule has 0 unspecified atom stereocenters. The van der Waals surface area contributed by atoms with Crippen LogP contribution < -0.4 is 4.90 Å². The molecule has 1 aliphatic heterocycles. The first kappa shape index (κ1) is 13.6. The average molecular weight is 279 g/mol. The molecule has 0 spiro atoms. The highest BCUT2D eigenvalue weighted by Crippen LogP contribution is 2.38. The minimum atomic E-state index is -0.415. The van der Waals surface area contributed by atoms with E-state index in [2.05, 4.69) is 0 Å². The van der Waals surface area contributed by atoms with Gasteiger partial charge >= 0.3 is 0 Å². The lowest BCUT2D eigenvalue weighted by molar-refractivity contribution is -0.114. The Labute approximate surface area is 124 Å². The lowest BCUT2D eigenvalue weighted by atomic mass is 10.00. The highest BCUT2D eigenvalue weighted by atomic mass is 16.2. The summed E-state index contributed by atoms with van der Waals surface area (Å²) in [6.07, 6.45) is 0. The quantitative estimate of drug-likeness (QED) is 0.806. The molecule has 1 heterocycles. The second-order valence-electron chi connectivity index (χ2n) is 5.71. The second-order valence-corrected chi connectivity index (χ2v) is 5.71. The number of amides is 1. The maximum atomic E-state index is 12.3. The summed E-state index contributed by atoms with van der Waals surface area (Å²) in [6.45, 7) is 4.64. The van der Waals surface area contributed by atoms with Crippen molar-refractivity contribution in [3.63, 3.8) is 0 Å². The monoisotopic (exact) mass is 279 g/mol. The van der Waals surface area contributed by atoms with Gasteiger partial charge in [0.25, 0.3) is 11.7 Å². The predicted molar refractivity (Wildman–Crippen MR) is 83.4 cm³/mol. The number of para-hydroxylation sites is 1. The van der Waals surface area contributed by atoms with Crippen LogP contribution in [0, 0.1) is 5.92 Å². The van der Waals surface area contributed by atoms with Crippen molar-refractivity contribution in [3.05, 3.63) is 54.1 Å². The van der Waals surface area contributed by atoms with Crippen LogP contribution in [0.4, 0.5) is 5.69 Å². The Hall–Kier alpha value is -2.42. The molecule has 0 radical (unpaired) electrons.